The lowest BCUT2D eigenvalue weighted by atomic mass is 9.76. The fourth-order valence-electron chi connectivity index (χ4n) is 3.80. The predicted molar refractivity (Wildman–Crippen MR) is 76.4 cm³/mol. The molecule has 0 aliphatic heterocycles. The Labute approximate surface area is 112 Å². The molecule has 0 saturated heterocycles. The molecule has 1 heteroatoms. The Morgan fingerprint density at radius 3 is 1.61 bits per heavy atom. The van der Waals surface area contributed by atoms with E-state index in [9.17, 15) is 4.79 Å². The summed E-state index contributed by atoms with van der Waals surface area (Å²) in [7, 11) is 0. The van der Waals surface area contributed by atoms with Gasteiger partial charge in [-0.15, -0.1) is 6.58 Å². The molecule has 0 aromatic heterocycles. The van der Waals surface area contributed by atoms with Gasteiger partial charge in [0.25, 0.3) is 0 Å². The van der Waals surface area contributed by atoms with Crippen molar-refractivity contribution >= 4 is 6.29 Å². The summed E-state index contributed by atoms with van der Waals surface area (Å²) < 4.78 is 0. The number of aldehydes is 1. The molecule has 2 saturated carbocycles. The summed E-state index contributed by atoms with van der Waals surface area (Å²) >= 11 is 0. The van der Waals surface area contributed by atoms with Gasteiger partial charge in [-0.05, 0) is 69.1 Å². The first-order chi connectivity index (χ1) is 8.81. The minimum absolute atomic E-state index is 0.379. The Bertz CT molecular complexity index is 227. The monoisotopic (exact) mass is 248 g/mol. The molecule has 0 heterocycles. The van der Waals surface area contributed by atoms with E-state index >= 15 is 0 Å². The summed E-state index contributed by atoms with van der Waals surface area (Å²) in [5.74, 6) is 3.07. The van der Waals surface area contributed by atoms with Gasteiger partial charge in [0.15, 0.2) is 0 Å². The number of allylic oxidation sites excluding steroid dienone is 1. The van der Waals surface area contributed by atoms with Crippen molar-refractivity contribution in [2.45, 2.75) is 64.2 Å². The summed E-state index contributed by atoms with van der Waals surface area (Å²) in [6.45, 7) is 3.92. The second-order valence-corrected chi connectivity index (χ2v) is 6.51. The molecule has 18 heavy (non-hydrogen) atoms. The molecule has 0 amide bonds. The zero-order valence-electron chi connectivity index (χ0n) is 11.7. The van der Waals surface area contributed by atoms with Gasteiger partial charge in [0.2, 0.25) is 0 Å². The van der Waals surface area contributed by atoms with Crippen LogP contribution in [0, 0.1) is 23.7 Å². The van der Waals surface area contributed by atoms with Crippen molar-refractivity contribution in [2.75, 3.05) is 0 Å². The summed E-state index contributed by atoms with van der Waals surface area (Å²) in [5.41, 5.74) is 0. The minimum Gasteiger partial charge on any atom is -0.303 e. The molecule has 0 unspecified atom stereocenters. The molecule has 2 aliphatic carbocycles. The van der Waals surface area contributed by atoms with Crippen molar-refractivity contribution in [1.29, 1.82) is 0 Å². The first-order valence-corrected chi connectivity index (χ1v) is 7.89. The molecular weight excluding hydrogens is 220 g/mol. The average molecular weight is 248 g/mol. The summed E-state index contributed by atoms with van der Waals surface area (Å²) in [6.07, 6.45) is 16.6. The molecule has 2 rings (SSSR count). The third-order valence-electron chi connectivity index (χ3n) is 5.29. The highest BCUT2D eigenvalue weighted by molar-refractivity contribution is 5.53. The van der Waals surface area contributed by atoms with Gasteiger partial charge in [0, 0.05) is 5.92 Å². The van der Waals surface area contributed by atoms with Crippen LogP contribution in [0.3, 0.4) is 0 Å². The second-order valence-electron chi connectivity index (χ2n) is 6.51. The van der Waals surface area contributed by atoms with Crippen molar-refractivity contribution in [3.8, 4) is 0 Å². The third kappa shape index (κ3) is 3.96. The molecule has 0 bridgehead atoms. The topological polar surface area (TPSA) is 17.1 Å². The highest BCUT2D eigenvalue weighted by Crippen LogP contribution is 2.36. The van der Waals surface area contributed by atoms with Crippen LogP contribution in [0.25, 0.3) is 0 Å². The van der Waals surface area contributed by atoms with E-state index in [2.05, 4.69) is 12.7 Å². The quantitative estimate of drug-likeness (QED) is 0.506. The molecule has 0 N–H and O–H groups in total. The van der Waals surface area contributed by atoms with E-state index in [1.165, 1.54) is 57.7 Å². The molecule has 2 fully saturated rings. The number of rotatable bonds is 5. The Morgan fingerprint density at radius 1 is 0.778 bits per heavy atom. The smallest absolute Gasteiger partial charge is 0.123 e. The maximum Gasteiger partial charge on any atom is 0.123 e. The highest BCUT2D eigenvalue weighted by Gasteiger charge is 2.23. The van der Waals surface area contributed by atoms with Crippen LogP contribution >= 0.6 is 0 Å². The molecule has 0 spiro atoms. The molecule has 102 valence electrons. The lowest BCUT2D eigenvalue weighted by Crippen LogP contribution is -2.18. The van der Waals surface area contributed by atoms with E-state index < -0.39 is 0 Å². The molecule has 0 radical (unpaired) electrons. The van der Waals surface area contributed by atoms with Gasteiger partial charge in [-0.25, -0.2) is 0 Å². The number of hydrogen-bond acceptors (Lipinski definition) is 1. The van der Waals surface area contributed by atoms with Crippen molar-refractivity contribution in [3.63, 3.8) is 0 Å². The van der Waals surface area contributed by atoms with Crippen LogP contribution in [0.4, 0.5) is 0 Å². The number of carbonyl (C=O) groups excluding carboxylic acids is 1. The fraction of sp³-hybridized carbons (Fsp3) is 0.824. The Morgan fingerprint density at radius 2 is 1.22 bits per heavy atom. The van der Waals surface area contributed by atoms with Crippen molar-refractivity contribution in [1.82, 2.24) is 0 Å². The van der Waals surface area contributed by atoms with Crippen molar-refractivity contribution < 1.29 is 4.79 Å². The normalized spacial score (nSPS) is 37.1. The number of carbonyl (C=O) groups is 1. The lowest BCUT2D eigenvalue weighted by Gasteiger charge is -2.30. The van der Waals surface area contributed by atoms with Gasteiger partial charge in [0.05, 0.1) is 0 Å². The first kappa shape index (κ1) is 13.8. The zero-order valence-corrected chi connectivity index (χ0v) is 11.7. The van der Waals surface area contributed by atoms with Crippen LogP contribution in [-0.4, -0.2) is 6.29 Å². The molecule has 1 nitrogen and oxygen atoms in total. The van der Waals surface area contributed by atoms with Crippen LogP contribution in [0.15, 0.2) is 12.7 Å². The second kappa shape index (κ2) is 7.11. The van der Waals surface area contributed by atoms with Gasteiger partial charge in [-0.3, -0.25) is 0 Å². The molecule has 0 aromatic rings. The van der Waals surface area contributed by atoms with E-state index in [1.54, 1.807) is 0 Å². The Hall–Kier alpha value is -0.590. The lowest BCUT2D eigenvalue weighted by molar-refractivity contribution is -0.112. The minimum atomic E-state index is 0.379. The Balaban J connectivity index is 1.61. The SMILES string of the molecule is C=CC1CCC(CCC2CCC(C=O)CC2)CC1. The van der Waals surface area contributed by atoms with E-state index in [0.29, 0.717) is 5.92 Å². The van der Waals surface area contributed by atoms with E-state index in [4.69, 9.17) is 0 Å². The highest BCUT2D eigenvalue weighted by atomic mass is 16.1. The number of hydrogen-bond donors (Lipinski definition) is 0. The van der Waals surface area contributed by atoms with Gasteiger partial charge in [0.1, 0.15) is 6.29 Å². The third-order valence-corrected chi connectivity index (χ3v) is 5.29. The largest absolute Gasteiger partial charge is 0.303 e. The van der Waals surface area contributed by atoms with Crippen LogP contribution in [0.1, 0.15) is 64.2 Å². The fourth-order valence-corrected chi connectivity index (χ4v) is 3.80. The summed E-state index contributed by atoms with van der Waals surface area (Å²) in [5, 5.41) is 0. The molecular formula is C17H28O. The van der Waals surface area contributed by atoms with Crippen molar-refractivity contribution in [3.05, 3.63) is 12.7 Å². The van der Waals surface area contributed by atoms with Gasteiger partial charge < -0.3 is 4.79 Å². The summed E-state index contributed by atoms with van der Waals surface area (Å²) in [6, 6.07) is 0. The standard InChI is InChI=1S/C17H28O/c1-2-14-3-5-15(6-4-14)7-8-16-9-11-17(13-18)12-10-16/h2,13-17H,1,3-12H2. The van der Waals surface area contributed by atoms with Crippen LogP contribution < -0.4 is 0 Å². The van der Waals surface area contributed by atoms with Crippen LogP contribution in [0.5, 0.6) is 0 Å². The van der Waals surface area contributed by atoms with Crippen LogP contribution in [0.2, 0.25) is 0 Å². The van der Waals surface area contributed by atoms with E-state index in [-0.39, 0.29) is 0 Å². The first-order valence-electron chi connectivity index (χ1n) is 7.89. The van der Waals surface area contributed by atoms with Gasteiger partial charge in [-0.2, -0.15) is 0 Å². The zero-order chi connectivity index (χ0) is 12.8. The maximum atomic E-state index is 10.7. The van der Waals surface area contributed by atoms with Crippen molar-refractivity contribution in [2.24, 2.45) is 23.7 Å². The molecule has 0 atom stereocenters. The maximum absolute atomic E-state index is 10.7. The average Bonchev–Trinajstić information content (AvgIpc) is 2.46. The van der Waals surface area contributed by atoms with Gasteiger partial charge >= 0.3 is 0 Å². The molecule has 0 aromatic carbocycles. The molecule has 2 aliphatic rings. The summed E-state index contributed by atoms with van der Waals surface area (Å²) in [4.78, 5) is 10.7. The predicted octanol–water partition coefficient (Wildman–Crippen LogP) is 4.76. The van der Waals surface area contributed by atoms with Crippen LogP contribution in [-0.2, 0) is 4.79 Å². The van der Waals surface area contributed by atoms with E-state index in [1.807, 2.05) is 0 Å². The van der Waals surface area contributed by atoms with E-state index in [0.717, 1.165) is 30.6 Å². The van der Waals surface area contributed by atoms with Gasteiger partial charge in [-0.1, -0.05) is 18.9 Å². The Kier molecular flexibility index (Phi) is 5.46.